The van der Waals surface area contributed by atoms with E-state index in [1.807, 2.05) is 65.8 Å². The number of halogens is 1. The second kappa shape index (κ2) is 12.3. The summed E-state index contributed by atoms with van der Waals surface area (Å²) in [5.74, 6) is 0.252. The van der Waals surface area contributed by atoms with E-state index >= 15 is 0 Å². The Kier molecular flexibility index (Phi) is 9.45. The maximum Gasteiger partial charge on any atom is 0.266 e. The van der Waals surface area contributed by atoms with Crippen molar-refractivity contribution >= 4 is 52.1 Å². The van der Waals surface area contributed by atoms with E-state index in [4.69, 9.17) is 21.1 Å². The van der Waals surface area contributed by atoms with Crippen LogP contribution in [0.15, 0.2) is 46.3 Å². The monoisotopic (exact) mass is 529 g/mol. The van der Waals surface area contributed by atoms with Gasteiger partial charge in [0.15, 0.2) is 23.3 Å². The zero-order chi connectivity index (χ0) is 26.4. The third kappa shape index (κ3) is 7.04. The minimum absolute atomic E-state index is 0.0159. The van der Waals surface area contributed by atoms with Crippen LogP contribution in [0.5, 0.6) is 11.5 Å². The van der Waals surface area contributed by atoms with Gasteiger partial charge in [0.2, 0.25) is 0 Å². The number of thioether (sulfide) groups is 1. The number of ether oxygens (including phenoxy) is 2. The predicted octanol–water partition coefficient (Wildman–Crippen LogP) is 6.15. The summed E-state index contributed by atoms with van der Waals surface area (Å²) >= 11 is 7.88. The molecule has 0 radical (unpaired) electrons. The molecule has 1 heterocycles. The lowest BCUT2D eigenvalue weighted by Crippen LogP contribution is -2.35. The van der Waals surface area contributed by atoms with Gasteiger partial charge in [0.1, 0.15) is 0 Å². The fraction of sp³-hybridized carbons (Fsp3) is 0.370. The first-order chi connectivity index (χ1) is 17.1. The van der Waals surface area contributed by atoms with Gasteiger partial charge in [-0.1, -0.05) is 29.3 Å². The average molecular weight is 530 g/mol. The average Bonchev–Trinajstić information content (AvgIpc) is 3.09. The highest BCUT2D eigenvalue weighted by atomic mass is 35.5. The summed E-state index contributed by atoms with van der Waals surface area (Å²) in [5.41, 5.74) is 2.47. The topological polar surface area (TPSA) is 80.2 Å². The van der Waals surface area contributed by atoms with Crippen molar-refractivity contribution in [1.29, 1.82) is 0 Å². The van der Waals surface area contributed by atoms with Crippen molar-refractivity contribution in [2.45, 2.75) is 53.6 Å². The van der Waals surface area contributed by atoms with Crippen LogP contribution in [0.1, 0.15) is 45.7 Å². The number of aryl methyl sites for hydroxylation is 1. The molecule has 1 fully saturated rings. The SMILES string of the molecule is CCOc1cc(/C=C2/SC(=NC(C)C)N(C(C)C)C2=O)cc(Cl)c1OCC(=O)Nc1ccc(C)cc1. The Labute approximate surface area is 221 Å². The molecule has 1 N–H and O–H groups in total. The molecule has 3 rings (SSSR count). The molecule has 2 amide bonds. The molecule has 0 unspecified atom stereocenters. The highest BCUT2D eigenvalue weighted by Gasteiger charge is 2.35. The maximum atomic E-state index is 13.1. The van der Waals surface area contributed by atoms with Crippen molar-refractivity contribution in [3.05, 3.63) is 57.5 Å². The van der Waals surface area contributed by atoms with Gasteiger partial charge in [0.05, 0.1) is 16.5 Å². The normalized spacial score (nSPS) is 15.9. The number of aliphatic imine (C=N–C) groups is 1. The number of carbonyl (C=O) groups is 2. The molecule has 0 atom stereocenters. The first-order valence-electron chi connectivity index (χ1n) is 11.9. The zero-order valence-corrected chi connectivity index (χ0v) is 23.0. The van der Waals surface area contributed by atoms with Gasteiger partial charge in [0.25, 0.3) is 11.8 Å². The van der Waals surface area contributed by atoms with Crippen LogP contribution in [0.2, 0.25) is 5.02 Å². The summed E-state index contributed by atoms with van der Waals surface area (Å²) in [5, 5.41) is 3.76. The van der Waals surface area contributed by atoms with Gasteiger partial charge >= 0.3 is 0 Å². The Morgan fingerprint density at radius 1 is 1.17 bits per heavy atom. The Morgan fingerprint density at radius 2 is 1.86 bits per heavy atom. The number of hydrogen-bond donors (Lipinski definition) is 1. The summed E-state index contributed by atoms with van der Waals surface area (Å²) in [7, 11) is 0. The predicted molar refractivity (Wildman–Crippen MR) is 148 cm³/mol. The lowest BCUT2D eigenvalue weighted by Gasteiger charge is -2.20. The Balaban J connectivity index is 1.81. The fourth-order valence-corrected chi connectivity index (χ4v) is 4.96. The zero-order valence-electron chi connectivity index (χ0n) is 21.4. The largest absolute Gasteiger partial charge is 0.490 e. The van der Waals surface area contributed by atoms with Gasteiger partial charge in [-0.2, -0.15) is 0 Å². The second-order valence-corrected chi connectivity index (χ2v) is 10.3. The molecule has 192 valence electrons. The number of nitrogens with zero attached hydrogens (tertiary/aromatic N) is 2. The molecule has 0 saturated carbocycles. The highest BCUT2D eigenvalue weighted by molar-refractivity contribution is 8.18. The molecule has 0 aromatic heterocycles. The summed E-state index contributed by atoms with van der Waals surface area (Å²) in [4.78, 5) is 32.3. The Morgan fingerprint density at radius 3 is 2.47 bits per heavy atom. The third-order valence-corrected chi connectivity index (χ3v) is 6.31. The van der Waals surface area contributed by atoms with Gasteiger partial charge in [-0.05, 0) is 89.2 Å². The van der Waals surface area contributed by atoms with E-state index in [1.54, 1.807) is 23.1 Å². The maximum absolute atomic E-state index is 13.1. The van der Waals surface area contributed by atoms with E-state index in [-0.39, 0.29) is 41.3 Å². The van der Waals surface area contributed by atoms with E-state index < -0.39 is 0 Å². The third-order valence-electron chi connectivity index (χ3n) is 5.03. The fourth-order valence-electron chi connectivity index (χ4n) is 3.45. The van der Waals surface area contributed by atoms with Crippen LogP contribution >= 0.6 is 23.4 Å². The number of nitrogens with one attached hydrogen (secondary N) is 1. The first kappa shape index (κ1) is 27.6. The number of benzene rings is 2. The van der Waals surface area contributed by atoms with Gasteiger partial charge in [-0.25, -0.2) is 0 Å². The van der Waals surface area contributed by atoms with E-state index in [0.29, 0.717) is 33.7 Å². The van der Waals surface area contributed by atoms with Crippen LogP contribution in [0, 0.1) is 6.92 Å². The number of amides is 2. The van der Waals surface area contributed by atoms with Crippen LogP contribution < -0.4 is 14.8 Å². The summed E-state index contributed by atoms with van der Waals surface area (Å²) in [6.07, 6.45) is 1.77. The van der Waals surface area contributed by atoms with Crippen molar-refractivity contribution in [3.63, 3.8) is 0 Å². The van der Waals surface area contributed by atoms with Crippen LogP contribution in [-0.2, 0) is 9.59 Å². The molecule has 0 aliphatic carbocycles. The molecule has 9 heteroatoms. The number of hydrogen-bond acceptors (Lipinski definition) is 6. The van der Waals surface area contributed by atoms with Crippen LogP contribution in [0.3, 0.4) is 0 Å². The number of anilines is 1. The van der Waals surface area contributed by atoms with Gasteiger partial charge in [-0.15, -0.1) is 0 Å². The highest BCUT2D eigenvalue weighted by Crippen LogP contribution is 2.39. The molecular weight excluding hydrogens is 498 g/mol. The molecule has 1 aliphatic rings. The van der Waals surface area contributed by atoms with E-state index in [0.717, 1.165) is 5.56 Å². The summed E-state index contributed by atoms with van der Waals surface area (Å²) in [6.45, 7) is 11.8. The first-order valence-corrected chi connectivity index (χ1v) is 13.0. The van der Waals surface area contributed by atoms with Gasteiger partial charge in [-0.3, -0.25) is 19.5 Å². The quantitative estimate of drug-likeness (QED) is 0.394. The lowest BCUT2D eigenvalue weighted by atomic mass is 10.1. The van der Waals surface area contributed by atoms with E-state index in [9.17, 15) is 9.59 Å². The molecule has 1 aliphatic heterocycles. The smallest absolute Gasteiger partial charge is 0.266 e. The summed E-state index contributed by atoms with van der Waals surface area (Å²) < 4.78 is 11.5. The van der Waals surface area contributed by atoms with Gasteiger partial charge < -0.3 is 14.8 Å². The molecule has 7 nitrogen and oxygen atoms in total. The van der Waals surface area contributed by atoms with Gasteiger partial charge in [0, 0.05) is 17.8 Å². The minimum Gasteiger partial charge on any atom is -0.490 e. The van der Waals surface area contributed by atoms with E-state index in [1.165, 1.54) is 11.8 Å². The molecular formula is C27H32ClN3O4S. The minimum atomic E-state index is -0.317. The van der Waals surface area contributed by atoms with Crippen LogP contribution in [-0.4, -0.2) is 47.2 Å². The molecule has 0 spiro atoms. The molecule has 2 aromatic carbocycles. The lowest BCUT2D eigenvalue weighted by molar-refractivity contribution is -0.123. The Hall–Kier alpha value is -2.97. The molecule has 0 bridgehead atoms. The van der Waals surface area contributed by atoms with Crippen LogP contribution in [0.4, 0.5) is 5.69 Å². The summed E-state index contributed by atoms with van der Waals surface area (Å²) in [6, 6.07) is 11.0. The second-order valence-electron chi connectivity index (χ2n) is 8.85. The number of carbonyl (C=O) groups excluding carboxylic acids is 2. The van der Waals surface area contributed by atoms with E-state index in [2.05, 4.69) is 10.3 Å². The Bertz CT molecular complexity index is 1180. The number of rotatable bonds is 9. The molecule has 36 heavy (non-hydrogen) atoms. The van der Waals surface area contributed by atoms with Crippen molar-refractivity contribution in [2.24, 2.45) is 4.99 Å². The standard InChI is InChI=1S/C27H32ClN3O4S/c1-7-34-22-13-19(14-23-26(33)31(17(4)5)27(36-23)29-16(2)3)12-21(28)25(22)35-15-24(32)30-20-10-8-18(6)9-11-20/h8-14,16-17H,7,15H2,1-6H3,(H,30,32)/b23-14+,29-27?. The van der Waals surface area contributed by atoms with Crippen molar-refractivity contribution < 1.29 is 19.1 Å². The van der Waals surface area contributed by atoms with Crippen molar-refractivity contribution in [3.8, 4) is 11.5 Å². The molecule has 1 saturated heterocycles. The van der Waals surface area contributed by atoms with Crippen molar-refractivity contribution in [2.75, 3.05) is 18.5 Å². The van der Waals surface area contributed by atoms with Crippen LogP contribution in [0.25, 0.3) is 6.08 Å². The van der Waals surface area contributed by atoms with Crippen molar-refractivity contribution in [1.82, 2.24) is 4.90 Å². The molecule has 2 aromatic rings. The number of amidine groups is 1.